The van der Waals surface area contributed by atoms with E-state index in [1.807, 2.05) is 43.6 Å². The second-order valence-electron chi connectivity index (χ2n) is 9.39. The van der Waals surface area contributed by atoms with Gasteiger partial charge in [0.15, 0.2) is 5.78 Å². The van der Waals surface area contributed by atoms with E-state index in [-0.39, 0.29) is 5.78 Å². The molecule has 4 heterocycles. The summed E-state index contributed by atoms with van der Waals surface area (Å²) in [7, 11) is 2.00. The molecule has 1 aliphatic carbocycles. The van der Waals surface area contributed by atoms with Crippen molar-refractivity contribution in [3.8, 4) is 11.8 Å². The minimum Gasteiger partial charge on any atom is -0.492 e. The second kappa shape index (κ2) is 8.33. The minimum absolute atomic E-state index is 0.159. The molecule has 3 aromatic rings. The smallest absolute Gasteiger partial charge is 0.169 e. The van der Waals surface area contributed by atoms with E-state index in [0.717, 1.165) is 61.6 Å². The van der Waals surface area contributed by atoms with E-state index < -0.39 is 0 Å². The maximum Gasteiger partial charge on any atom is 0.169 e. The van der Waals surface area contributed by atoms with Crippen molar-refractivity contribution in [1.82, 2.24) is 14.9 Å². The Kier molecular flexibility index (Phi) is 5.15. The third-order valence-electron chi connectivity index (χ3n) is 7.52. The van der Waals surface area contributed by atoms with Crippen LogP contribution in [0.25, 0.3) is 11.0 Å². The molecule has 0 radical (unpaired) electrons. The number of carbonyl (C=O) groups is 1. The van der Waals surface area contributed by atoms with Gasteiger partial charge in [0, 0.05) is 68.0 Å². The summed E-state index contributed by atoms with van der Waals surface area (Å²) in [6.07, 6.45) is 4.55. The van der Waals surface area contributed by atoms with Crippen molar-refractivity contribution in [1.29, 1.82) is 5.26 Å². The second-order valence-corrected chi connectivity index (χ2v) is 9.39. The molecule has 0 bridgehead atoms. The fourth-order valence-electron chi connectivity index (χ4n) is 5.35. The molecule has 0 atom stereocenters. The molecule has 1 N–H and O–H groups in total. The number of anilines is 2. The average Bonchev–Trinajstić information content (AvgIpc) is 3.21. The zero-order chi connectivity index (χ0) is 23.2. The number of aromatic nitrogens is 2. The summed E-state index contributed by atoms with van der Waals surface area (Å²) in [5.41, 5.74) is 3.39. The molecular weight excluding hydrogens is 428 g/mol. The van der Waals surface area contributed by atoms with Gasteiger partial charge in [-0.3, -0.25) is 4.79 Å². The van der Waals surface area contributed by atoms with Gasteiger partial charge in [-0.15, -0.1) is 0 Å². The highest BCUT2D eigenvalue weighted by Gasteiger charge is 2.31. The molecule has 0 unspecified atom stereocenters. The van der Waals surface area contributed by atoms with Crippen molar-refractivity contribution in [3.05, 3.63) is 47.7 Å². The van der Waals surface area contributed by atoms with Gasteiger partial charge in [-0.25, -0.2) is 4.98 Å². The zero-order valence-electron chi connectivity index (χ0n) is 19.3. The van der Waals surface area contributed by atoms with E-state index in [1.54, 1.807) is 0 Å². The van der Waals surface area contributed by atoms with E-state index in [2.05, 4.69) is 25.8 Å². The lowest BCUT2D eigenvalue weighted by molar-refractivity contribution is 0.0933. The lowest BCUT2D eigenvalue weighted by atomic mass is 9.87. The van der Waals surface area contributed by atoms with Gasteiger partial charge in [-0.05, 0) is 44.2 Å². The molecule has 174 valence electrons. The first-order chi connectivity index (χ1) is 16.6. The molecule has 34 heavy (non-hydrogen) atoms. The van der Waals surface area contributed by atoms with Crippen LogP contribution in [0.2, 0.25) is 0 Å². The number of hydrogen-bond acceptors (Lipinski definition) is 7. The Morgan fingerprint density at radius 1 is 1.12 bits per heavy atom. The summed E-state index contributed by atoms with van der Waals surface area (Å²) in [4.78, 5) is 21.8. The predicted octanol–water partition coefficient (Wildman–Crippen LogP) is 3.12. The molecule has 1 aromatic carbocycles. The Morgan fingerprint density at radius 2 is 1.91 bits per heavy atom. The summed E-state index contributed by atoms with van der Waals surface area (Å²) in [5, 5.41) is 13.9. The number of nitriles is 1. The SMILES string of the molecule is CNC1CC(n2cc(C#N)c3ccc(N4CCN(c5ccc6c(c5)OCCC6=O)CC4)nc32)C1. The molecule has 8 nitrogen and oxygen atoms in total. The van der Waals surface area contributed by atoms with Crippen LogP contribution in [0.5, 0.6) is 5.75 Å². The van der Waals surface area contributed by atoms with Crippen molar-refractivity contribution in [3.63, 3.8) is 0 Å². The molecule has 1 saturated carbocycles. The van der Waals surface area contributed by atoms with E-state index in [1.165, 1.54) is 0 Å². The van der Waals surface area contributed by atoms with Crippen LogP contribution >= 0.6 is 0 Å². The van der Waals surface area contributed by atoms with E-state index in [4.69, 9.17) is 9.72 Å². The van der Waals surface area contributed by atoms with Gasteiger partial charge in [0.25, 0.3) is 0 Å². The predicted molar refractivity (Wildman–Crippen MR) is 131 cm³/mol. The van der Waals surface area contributed by atoms with Crippen LogP contribution < -0.4 is 19.9 Å². The number of ketones is 1. The van der Waals surface area contributed by atoms with Crippen molar-refractivity contribution in [2.45, 2.75) is 31.3 Å². The maximum absolute atomic E-state index is 12.1. The number of benzene rings is 1. The normalized spacial score (nSPS) is 22.2. The molecule has 3 aliphatic rings. The number of ether oxygens (including phenoxy) is 1. The van der Waals surface area contributed by atoms with Gasteiger partial charge in [0.1, 0.15) is 23.3 Å². The maximum atomic E-state index is 12.1. The first kappa shape index (κ1) is 21.0. The highest BCUT2D eigenvalue weighted by atomic mass is 16.5. The van der Waals surface area contributed by atoms with E-state index >= 15 is 0 Å². The molecule has 0 amide bonds. The van der Waals surface area contributed by atoms with Crippen LogP contribution in [0.15, 0.2) is 36.5 Å². The third-order valence-corrected chi connectivity index (χ3v) is 7.52. The minimum atomic E-state index is 0.159. The van der Waals surface area contributed by atoms with Crippen LogP contribution in [0, 0.1) is 11.3 Å². The van der Waals surface area contributed by atoms with Crippen LogP contribution in [0.4, 0.5) is 11.5 Å². The van der Waals surface area contributed by atoms with Crippen molar-refractivity contribution in [2.75, 3.05) is 49.6 Å². The number of pyridine rings is 1. The van der Waals surface area contributed by atoms with Crippen LogP contribution in [-0.4, -0.2) is 61.2 Å². The monoisotopic (exact) mass is 456 g/mol. The van der Waals surface area contributed by atoms with Crippen molar-refractivity contribution in [2.24, 2.45) is 0 Å². The highest BCUT2D eigenvalue weighted by Crippen LogP contribution is 2.36. The first-order valence-electron chi connectivity index (χ1n) is 12.0. The standard InChI is InChI=1S/C26H28N6O2/c1-28-18-12-20(13-18)32-16-17(15-27)21-4-5-25(29-26(21)32)31-9-7-30(8-10-31)19-2-3-22-23(33)6-11-34-24(22)14-19/h2-5,14,16,18,20,28H,6-13H2,1H3. The largest absolute Gasteiger partial charge is 0.492 e. The first-order valence-corrected chi connectivity index (χ1v) is 12.0. The molecule has 2 aromatic heterocycles. The molecular formula is C26H28N6O2. The number of fused-ring (bicyclic) bond motifs is 2. The topological polar surface area (TPSA) is 86.4 Å². The van der Waals surface area contributed by atoms with Gasteiger partial charge in [-0.1, -0.05) is 0 Å². The van der Waals surface area contributed by atoms with E-state index in [0.29, 0.717) is 42.0 Å². The van der Waals surface area contributed by atoms with Gasteiger partial charge < -0.3 is 24.4 Å². The van der Waals surface area contributed by atoms with Crippen LogP contribution in [-0.2, 0) is 0 Å². The summed E-state index contributed by atoms with van der Waals surface area (Å²) < 4.78 is 7.93. The van der Waals surface area contributed by atoms with Crippen molar-refractivity contribution < 1.29 is 9.53 Å². The van der Waals surface area contributed by atoms with Gasteiger partial charge in [0.2, 0.25) is 0 Å². The summed E-state index contributed by atoms with van der Waals surface area (Å²) in [5.74, 6) is 1.82. The number of rotatable bonds is 4. The van der Waals surface area contributed by atoms with Crippen molar-refractivity contribution >= 4 is 28.3 Å². The lowest BCUT2D eigenvalue weighted by Gasteiger charge is -2.37. The molecule has 1 saturated heterocycles. The molecule has 8 heteroatoms. The Labute approximate surface area is 198 Å². The summed E-state index contributed by atoms with van der Waals surface area (Å²) in [6, 6.07) is 13.3. The Balaban J connectivity index is 1.20. The molecule has 6 rings (SSSR count). The fourth-order valence-corrected chi connectivity index (χ4v) is 5.35. The molecule has 2 aliphatic heterocycles. The van der Waals surface area contributed by atoms with Gasteiger partial charge in [0.05, 0.1) is 17.7 Å². The number of Topliss-reactive ketones (excluding diaryl/α,β-unsaturated/α-hetero) is 1. The molecule has 0 spiro atoms. The third kappa shape index (κ3) is 3.48. The Morgan fingerprint density at radius 3 is 2.68 bits per heavy atom. The molecule has 2 fully saturated rings. The number of piperazine rings is 1. The Hall–Kier alpha value is -3.57. The fraction of sp³-hybridized carbons (Fsp3) is 0.423. The van der Waals surface area contributed by atoms with Crippen LogP contribution in [0.1, 0.15) is 41.2 Å². The summed E-state index contributed by atoms with van der Waals surface area (Å²) in [6.45, 7) is 3.90. The number of hydrogen-bond donors (Lipinski definition) is 1. The quantitative estimate of drug-likeness (QED) is 0.646. The van der Waals surface area contributed by atoms with E-state index in [9.17, 15) is 10.1 Å². The number of nitrogens with zero attached hydrogens (tertiary/aromatic N) is 5. The lowest BCUT2D eigenvalue weighted by Crippen LogP contribution is -2.46. The summed E-state index contributed by atoms with van der Waals surface area (Å²) >= 11 is 0. The zero-order valence-corrected chi connectivity index (χ0v) is 19.3. The number of nitrogens with one attached hydrogen (secondary N) is 1. The highest BCUT2D eigenvalue weighted by molar-refractivity contribution is 6.00. The Bertz CT molecular complexity index is 1290. The van der Waals surface area contributed by atoms with Gasteiger partial charge in [-0.2, -0.15) is 5.26 Å². The average molecular weight is 457 g/mol. The number of carbonyl (C=O) groups excluding carboxylic acids is 1. The van der Waals surface area contributed by atoms with Gasteiger partial charge >= 0.3 is 0 Å². The van der Waals surface area contributed by atoms with Crippen LogP contribution in [0.3, 0.4) is 0 Å².